The third-order valence-electron chi connectivity index (χ3n) is 4.61. The first-order chi connectivity index (χ1) is 14.3. The van der Waals surface area contributed by atoms with Crippen LogP contribution in [-0.2, 0) is 6.18 Å². The number of alkyl halides is 3. The number of nitrogens with two attached hydrogens (primary N) is 1. The Labute approximate surface area is 168 Å². The van der Waals surface area contributed by atoms with Crippen LogP contribution in [0.2, 0.25) is 0 Å². The monoisotopic (exact) mass is 412 g/mol. The zero-order valence-corrected chi connectivity index (χ0v) is 15.7. The van der Waals surface area contributed by atoms with Crippen LogP contribution < -0.4 is 10.5 Å². The highest BCUT2D eigenvalue weighted by molar-refractivity contribution is 6.14. The van der Waals surface area contributed by atoms with Crippen molar-refractivity contribution in [2.24, 2.45) is 0 Å². The van der Waals surface area contributed by atoms with Crippen molar-refractivity contribution in [3.63, 3.8) is 0 Å². The predicted octanol–water partition coefficient (Wildman–Crippen LogP) is 5.34. The average Bonchev–Trinajstić information content (AvgIpc) is 3.09. The lowest BCUT2D eigenvalue weighted by Crippen LogP contribution is -2.08. The Bertz CT molecular complexity index is 1250. The Morgan fingerprint density at radius 3 is 2.47 bits per heavy atom. The van der Waals surface area contributed by atoms with Crippen molar-refractivity contribution in [1.82, 2.24) is 4.98 Å². The maximum Gasteiger partial charge on any atom is 0.417 e. The molecule has 0 aliphatic heterocycles. The van der Waals surface area contributed by atoms with Gasteiger partial charge in [0.15, 0.2) is 0 Å². The van der Waals surface area contributed by atoms with Gasteiger partial charge in [-0.1, -0.05) is 42.5 Å². The lowest BCUT2D eigenvalue weighted by Gasteiger charge is -2.10. The Kier molecular flexibility index (Phi) is 4.69. The van der Waals surface area contributed by atoms with Gasteiger partial charge in [0.1, 0.15) is 5.75 Å². The van der Waals surface area contributed by atoms with E-state index in [0.29, 0.717) is 11.3 Å². The van der Waals surface area contributed by atoms with Crippen molar-refractivity contribution in [3.05, 3.63) is 77.6 Å². The van der Waals surface area contributed by atoms with Gasteiger partial charge < -0.3 is 14.9 Å². The number of nitrogen functional groups attached to an aromatic ring is 1. The van der Waals surface area contributed by atoms with Gasteiger partial charge in [-0.3, -0.25) is 4.79 Å². The Morgan fingerprint density at radius 2 is 1.80 bits per heavy atom. The Morgan fingerprint density at radius 1 is 1.07 bits per heavy atom. The van der Waals surface area contributed by atoms with Crippen molar-refractivity contribution in [3.8, 4) is 17.0 Å². The number of pyridine rings is 1. The first-order valence-corrected chi connectivity index (χ1v) is 8.84. The van der Waals surface area contributed by atoms with Gasteiger partial charge in [-0.2, -0.15) is 13.2 Å². The van der Waals surface area contributed by atoms with Gasteiger partial charge in [-0.15, -0.1) is 0 Å². The van der Waals surface area contributed by atoms with E-state index in [2.05, 4.69) is 4.98 Å². The highest BCUT2D eigenvalue weighted by atomic mass is 19.4. The Hall–Kier alpha value is -3.81. The molecule has 2 heterocycles. The molecule has 0 aliphatic rings. The van der Waals surface area contributed by atoms with Gasteiger partial charge in [-0.25, -0.2) is 4.98 Å². The largest absolute Gasteiger partial charge is 0.497 e. The van der Waals surface area contributed by atoms with E-state index in [-0.39, 0.29) is 17.0 Å². The number of furan rings is 1. The summed E-state index contributed by atoms with van der Waals surface area (Å²) < 4.78 is 51.9. The van der Waals surface area contributed by atoms with E-state index in [9.17, 15) is 18.0 Å². The van der Waals surface area contributed by atoms with E-state index in [0.717, 1.165) is 6.07 Å². The van der Waals surface area contributed by atoms with Crippen molar-refractivity contribution in [2.75, 3.05) is 12.8 Å². The molecule has 5 nitrogen and oxygen atoms in total. The summed E-state index contributed by atoms with van der Waals surface area (Å²) in [6, 6.07) is 15.4. The first kappa shape index (κ1) is 19.5. The number of carbonyl (C=O) groups is 1. The third-order valence-corrected chi connectivity index (χ3v) is 4.61. The van der Waals surface area contributed by atoms with Crippen LogP contribution in [0.1, 0.15) is 21.7 Å². The second-order valence-electron chi connectivity index (χ2n) is 6.50. The van der Waals surface area contributed by atoms with Gasteiger partial charge in [0.25, 0.3) is 0 Å². The van der Waals surface area contributed by atoms with Crippen molar-refractivity contribution >= 4 is 22.6 Å². The summed E-state index contributed by atoms with van der Waals surface area (Å²) in [5, 5.41) is -0.437. The minimum atomic E-state index is -4.72. The van der Waals surface area contributed by atoms with Crippen molar-refractivity contribution in [2.45, 2.75) is 6.18 Å². The topological polar surface area (TPSA) is 78.3 Å². The summed E-state index contributed by atoms with van der Waals surface area (Å²) in [5.41, 5.74) is 4.87. The number of ether oxygens (including phenoxy) is 1. The number of hydrogen-bond acceptors (Lipinski definition) is 5. The molecule has 4 aromatic rings. The first-order valence-electron chi connectivity index (χ1n) is 8.84. The molecule has 0 atom stereocenters. The molecular weight excluding hydrogens is 397 g/mol. The third kappa shape index (κ3) is 3.36. The Balaban J connectivity index is 1.93. The van der Waals surface area contributed by atoms with E-state index < -0.39 is 34.4 Å². The summed E-state index contributed by atoms with van der Waals surface area (Å²) in [7, 11) is 1.43. The molecule has 0 fully saturated rings. The fourth-order valence-corrected chi connectivity index (χ4v) is 3.17. The minimum absolute atomic E-state index is 0.0598. The molecule has 0 bridgehead atoms. The van der Waals surface area contributed by atoms with E-state index in [1.165, 1.54) is 19.2 Å². The van der Waals surface area contributed by atoms with Crippen LogP contribution in [-0.4, -0.2) is 17.9 Å². The van der Waals surface area contributed by atoms with Crippen LogP contribution in [0.25, 0.3) is 22.4 Å². The normalized spacial score (nSPS) is 11.6. The van der Waals surface area contributed by atoms with Crippen molar-refractivity contribution in [1.29, 1.82) is 0 Å². The van der Waals surface area contributed by atoms with Crippen LogP contribution in [0.4, 0.5) is 18.9 Å². The maximum absolute atomic E-state index is 13.8. The summed E-state index contributed by atoms with van der Waals surface area (Å²) >= 11 is 0. The second-order valence-corrected chi connectivity index (χ2v) is 6.50. The van der Waals surface area contributed by atoms with Crippen LogP contribution in [0.15, 0.2) is 65.1 Å². The molecule has 30 heavy (non-hydrogen) atoms. The molecular formula is C22H15F3N2O3. The number of rotatable bonds is 4. The minimum Gasteiger partial charge on any atom is -0.497 e. The molecule has 152 valence electrons. The molecule has 2 aromatic heterocycles. The zero-order chi connectivity index (χ0) is 21.5. The molecule has 0 saturated carbocycles. The van der Waals surface area contributed by atoms with E-state index in [4.69, 9.17) is 14.9 Å². The molecule has 2 aromatic carbocycles. The molecule has 0 radical (unpaired) electrons. The molecule has 2 N–H and O–H groups in total. The van der Waals surface area contributed by atoms with Gasteiger partial charge >= 0.3 is 6.18 Å². The molecule has 0 amide bonds. The number of hydrogen-bond donors (Lipinski definition) is 1. The predicted molar refractivity (Wildman–Crippen MR) is 105 cm³/mol. The fraction of sp³-hybridized carbons (Fsp3) is 0.0909. The SMILES string of the molecule is COc1cccc(C(=O)c2oc3nc(-c4ccccc4)cc(C(F)(F)F)c3c2N)c1. The van der Waals surface area contributed by atoms with Crippen LogP contribution in [0.3, 0.4) is 0 Å². The number of benzene rings is 2. The average molecular weight is 412 g/mol. The highest BCUT2D eigenvalue weighted by Gasteiger charge is 2.37. The number of halogens is 3. The van der Waals surface area contributed by atoms with Gasteiger partial charge in [0.2, 0.25) is 17.3 Å². The zero-order valence-electron chi connectivity index (χ0n) is 15.7. The standard InChI is InChI=1S/C22H15F3N2O3/c1-29-14-9-5-8-13(10-14)19(28)20-18(26)17-15(22(23,24)25)11-16(27-21(17)30-20)12-6-3-2-4-7-12/h2-11H,26H2,1H3. The second kappa shape index (κ2) is 7.22. The summed E-state index contributed by atoms with van der Waals surface area (Å²) in [6.07, 6.45) is -4.72. The van der Waals surface area contributed by atoms with E-state index >= 15 is 0 Å². The number of methoxy groups -OCH3 is 1. The van der Waals surface area contributed by atoms with E-state index in [1.807, 2.05) is 0 Å². The summed E-state index contributed by atoms with van der Waals surface area (Å²) in [4.78, 5) is 17.1. The molecule has 0 saturated heterocycles. The van der Waals surface area contributed by atoms with E-state index in [1.54, 1.807) is 42.5 Å². The summed E-state index contributed by atoms with van der Waals surface area (Å²) in [5.74, 6) is -0.656. The number of fused-ring (bicyclic) bond motifs is 1. The number of carbonyl (C=O) groups excluding carboxylic acids is 1. The van der Waals surface area contributed by atoms with Crippen LogP contribution in [0.5, 0.6) is 5.75 Å². The van der Waals surface area contributed by atoms with Gasteiger partial charge in [0.05, 0.1) is 29.4 Å². The van der Waals surface area contributed by atoms with Gasteiger partial charge in [0, 0.05) is 11.1 Å². The smallest absolute Gasteiger partial charge is 0.417 e. The number of anilines is 1. The number of ketones is 1. The lowest BCUT2D eigenvalue weighted by atomic mass is 10.0. The highest BCUT2D eigenvalue weighted by Crippen LogP contribution is 2.41. The quantitative estimate of drug-likeness (QED) is 0.458. The van der Waals surface area contributed by atoms with Crippen LogP contribution in [0, 0.1) is 0 Å². The fourth-order valence-electron chi connectivity index (χ4n) is 3.17. The molecule has 4 rings (SSSR count). The molecule has 0 aliphatic carbocycles. The summed E-state index contributed by atoms with van der Waals surface area (Å²) in [6.45, 7) is 0. The van der Waals surface area contributed by atoms with Gasteiger partial charge in [-0.05, 0) is 18.2 Å². The van der Waals surface area contributed by atoms with Crippen molar-refractivity contribution < 1.29 is 27.1 Å². The maximum atomic E-state index is 13.8. The molecule has 0 spiro atoms. The number of aromatic nitrogens is 1. The molecule has 0 unspecified atom stereocenters. The lowest BCUT2D eigenvalue weighted by molar-refractivity contribution is -0.136. The molecule has 8 heteroatoms. The van der Waals surface area contributed by atoms with Crippen LogP contribution >= 0.6 is 0 Å². The number of nitrogens with zero attached hydrogens (tertiary/aromatic N) is 1.